The summed E-state index contributed by atoms with van der Waals surface area (Å²) in [5.41, 5.74) is 7.91. The lowest BCUT2D eigenvalue weighted by molar-refractivity contribution is -0.139. The van der Waals surface area contributed by atoms with Gasteiger partial charge in [0.2, 0.25) is 5.91 Å². The normalized spacial score (nSPS) is 19.6. The number of nitrogens with two attached hydrogens (primary N) is 1. The van der Waals surface area contributed by atoms with Crippen molar-refractivity contribution in [3.8, 4) is 0 Å². The van der Waals surface area contributed by atoms with Crippen LogP contribution in [0.4, 0.5) is 0 Å². The first-order valence-electron chi connectivity index (χ1n) is 5.37. The molecule has 1 aliphatic rings. The summed E-state index contributed by atoms with van der Waals surface area (Å²) in [4.78, 5) is 16.5. The molecule has 0 heterocycles. The summed E-state index contributed by atoms with van der Waals surface area (Å²) < 4.78 is 0. The van der Waals surface area contributed by atoms with Gasteiger partial charge in [0, 0.05) is 6.42 Å². The van der Waals surface area contributed by atoms with Crippen LogP contribution in [0.5, 0.6) is 0 Å². The summed E-state index contributed by atoms with van der Waals surface area (Å²) in [5.74, 6) is 0.164. The Balaban J connectivity index is 2.08. The largest absolute Gasteiger partial charge is 0.330 e. The summed E-state index contributed by atoms with van der Waals surface area (Å²) in [6.07, 6.45) is 5.22. The van der Waals surface area contributed by atoms with Gasteiger partial charge in [0.1, 0.15) is 0 Å². The van der Waals surface area contributed by atoms with Crippen molar-refractivity contribution in [1.29, 1.82) is 0 Å². The van der Waals surface area contributed by atoms with E-state index in [9.17, 15) is 4.79 Å². The van der Waals surface area contributed by atoms with Gasteiger partial charge in [0.05, 0.1) is 6.10 Å². The van der Waals surface area contributed by atoms with Crippen LogP contribution < -0.4 is 11.2 Å². The van der Waals surface area contributed by atoms with E-state index in [1.54, 1.807) is 0 Å². The second-order valence-corrected chi connectivity index (χ2v) is 4.09. The molecule has 4 nitrogen and oxygen atoms in total. The van der Waals surface area contributed by atoms with Crippen molar-refractivity contribution in [3.05, 3.63) is 0 Å². The van der Waals surface area contributed by atoms with Crippen LogP contribution in [0.2, 0.25) is 0 Å². The lowest BCUT2D eigenvalue weighted by Gasteiger charge is -2.12. The number of carbonyl (C=O) groups is 1. The highest BCUT2D eigenvalue weighted by Crippen LogP contribution is 2.19. The van der Waals surface area contributed by atoms with Crippen LogP contribution in [0.3, 0.4) is 0 Å². The molecule has 1 aliphatic carbocycles. The number of hydroxylamine groups is 1. The third-order valence-electron chi connectivity index (χ3n) is 2.58. The first-order chi connectivity index (χ1) is 6.72. The Kier molecular flexibility index (Phi) is 4.90. The first-order valence-corrected chi connectivity index (χ1v) is 5.37. The van der Waals surface area contributed by atoms with Crippen molar-refractivity contribution in [3.63, 3.8) is 0 Å². The monoisotopic (exact) mass is 200 g/mol. The maximum absolute atomic E-state index is 11.3. The van der Waals surface area contributed by atoms with Gasteiger partial charge in [-0.15, -0.1) is 0 Å². The maximum Gasteiger partial charge on any atom is 0.243 e. The molecule has 1 fully saturated rings. The molecule has 0 aliphatic heterocycles. The zero-order chi connectivity index (χ0) is 10.4. The minimum Gasteiger partial charge on any atom is -0.330 e. The number of hydrogen-bond acceptors (Lipinski definition) is 3. The molecule has 0 radical (unpaired) electrons. The first kappa shape index (κ1) is 11.5. The molecule has 3 N–H and O–H groups in total. The average Bonchev–Trinajstić information content (AvgIpc) is 2.67. The van der Waals surface area contributed by atoms with E-state index in [2.05, 4.69) is 5.48 Å². The second-order valence-electron chi connectivity index (χ2n) is 4.09. The Morgan fingerprint density at radius 1 is 1.57 bits per heavy atom. The van der Waals surface area contributed by atoms with E-state index in [1.165, 1.54) is 12.8 Å². The molecular weight excluding hydrogens is 180 g/mol. The summed E-state index contributed by atoms with van der Waals surface area (Å²) in [6.45, 7) is 2.49. The van der Waals surface area contributed by atoms with Gasteiger partial charge in [0.15, 0.2) is 0 Å². The molecule has 1 saturated carbocycles. The van der Waals surface area contributed by atoms with E-state index >= 15 is 0 Å². The van der Waals surface area contributed by atoms with Crippen LogP contribution in [0.15, 0.2) is 0 Å². The lowest BCUT2D eigenvalue weighted by atomic mass is 10.1. The highest BCUT2D eigenvalue weighted by atomic mass is 16.7. The molecule has 0 aromatic rings. The standard InChI is InChI=1S/C10H20N2O2/c1-8(7-11)6-10(13)12-14-9-4-2-3-5-9/h8-9H,2-7,11H2,1H3,(H,12,13). The van der Waals surface area contributed by atoms with Crippen molar-refractivity contribution in [2.75, 3.05) is 6.54 Å². The zero-order valence-corrected chi connectivity index (χ0v) is 8.79. The maximum atomic E-state index is 11.3. The van der Waals surface area contributed by atoms with Gasteiger partial charge in [-0.1, -0.05) is 19.8 Å². The Bertz CT molecular complexity index is 179. The second kappa shape index (κ2) is 5.98. The molecule has 1 amide bonds. The highest BCUT2D eigenvalue weighted by Gasteiger charge is 2.17. The number of amides is 1. The van der Waals surface area contributed by atoms with Gasteiger partial charge < -0.3 is 5.73 Å². The predicted molar refractivity (Wildman–Crippen MR) is 54.3 cm³/mol. The van der Waals surface area contributed by atoms with E-state index in [1.807, 2.05) is 6.92 Å². The molecule has 4 heteroatoms. The van der Waals surface area contributed by atoms with Crippen LogP contribution in [-0.4, -0.2) is 18.6 Å². The number of nitrogens with one attached hydrogen (secondary N) is 1. The fraction of sp³-hybridized carbons (Fsp3) is 0.900. The van der Waals surface area contributed by atoms with E-state index < -0.39 is 0 Å². The molecule has 0 aromatic heterocycles. The third-order valence-corrected chi connectivity index (χ3v) is 2.58. The highest BCUT2D eigenvalue weighted by molar-refractivity contribution is 5.74. The average molecular weight is 200 g/mol. The van der Waals surface area contributed by atoms with Gasteiger partial charge in [-0.25, -0.2) is 5.48 Å². The number of rotatable bonds is 5. The van der Waals surface area contributed by atoms with E-state index in [-0.39, 0.29) is 17.9 Å². The molecule has 1 unspecified atom stereocenters. The smallest absolute Gasteiger partial charge is 0.243 e. The fourth-order valence-corrected chi connectivity index (χ4v) is 1.60. The molecule has 0 aromatic carbocycles. The van der Waals surface area contributed by atoms with Crippen LogP contribution in [-0.2, 0) is 9.63 Å². The van der Waals surface area contributed by atoms with Crippen LogP contribution in [0, 0.1) is 5.92 Å². The van der Waals surface area contributed by atoms with Crippen molar-refractivity contribution in [1.82, 2.24) is 5.48 Å². The number of carbonyl (C=O) groups excluding carboxylic acids is 1. The predicted octanol–water partition coefficient (Wildman–Crippen LogP) is 0.962. The molecule has 1 atom stereocenters. The molecule has 1 rings (SSSR count). The molecule has 14 heavy (non-hydrogen) atoms. The van der Waals surface area contributed by atoms with Crippen molar-refractivity contribution < 1.29 is 9.63 Å². The third kappa shape index (κ3) is 4.07. The molecule has 0 spiro atoms. The van der Waals surface area contributed by atoms with E-state index in [4.69, 9.17) is 10.6 Å². The van der Waals surface area contributed by atoms with E-state index in [0.29, 0.717) is 13.0 Å². The Morgan fingerprint density at radius 2 is 2.21 bits per heavy atom. The summed E-state index contributed by atoms with van der Waals surface area (Å²) in [6, 6.07) is 0. The van der Waals surface area contributed by atoms with Crippen LogP contribution in [0.1, 0.15) is 39.0 Å². The summed E-state index contributed by atoms with van der Waals surface area (Å²) in [5, 5.41) is 0. The van der Waals surface area contributed by atoms with Gasteiger partial charge in [-0.2, -0.15) is 0 Å². The summed E-state index contributed by atoms with van der Waals surface area (Å²) in [7, 11) is 0. The topological polar surface area (TPSA) is 64.4 Å². The fourth-order valence-electron chi connectivity index (χ4n) is 1.60. The molecule has 0 saturated heterocycles. The van der Waals surface area contributed by atoms with Crippen LogP contribution in [0.25, 0.3) is 0 Å². The van der Waals surface area contributed by atoms with Crippen molar-refractivity contribution in [2.24, 2.45) is 11.7 Å². The van der Waals surface area contributed by atoms with E-state index in [0.717, 1.165) is 12.8 Å². The van der Waals surface area contributed by atoms with Gasteiger partial charge in [-0.3, -0.25) is 9.63 Å². The molecular formula is C10H20N2O2. The summed E-state index contributed by atoms with van der Waals surface area (Å²) >= 11 is 0. The van der Waals surface area contributed by atoms with Crippen molar-refractivity contribution >= 4 is 5.91 Å². The van der Waals surface area contributed by atoms with Gasteiger partial charge >= 0.3 is 0 Å². The lowest BCUT2D eigenvalue weighted by Crippen LogP contribution is -2.30. The van der Waals surface area contributed by atoms with Gasteiger partial charge in [-0.05, 0) is 25.3 Å². The zero-order valence-electron chi connectivity index (χ0n) is 8.79. The van der Waals surface area contributed by atoms with Crippen LogP contribution >= 0.6 is 0 Å². The quantitative estimate of drug-likeness (QED) is 0.650. The Hall–Kier alpha value is -0.610. The minimum atomic E-state index is -0.0603. The molecule has 0 bridgehead atoms. The van der Waals surface area contributed by atoms with Gasteiger partial charge in [0.25, 0.3) is 0 Å². The SMILES string of the molecule is CC(CN)CC(=O)NOC1CCCC1. The molecule has 82 valence electrons. The van der Waals surface area contributed by atoms with Crippen molar-refractivity contribution in [2.45, 2.75) is 45.1 Å². The number of hydrogen-bond donors (Lipinski definition) is 2. The Labute approximate surface area is 85.1 Å². The Morgan fingerprint density at radius 3 is 2.79 bits per heavy atom. The minimum absolute atomic E-state index is 0.0603.